The van der Waals surface area contributed by atoms with Crippen molar-refractivity contribution in [1.82, 2.24) is 15.1 Å². The Morgan fingerprint density at radius 2 is 1.97 bits per heavy atom. The van der Waals surface area contributed by atoms with Crippen molar-refractivity contribution < 1.29 is 19.5 Å². The van der Waals surface area contributed by atoms with Crippen molar-refractivity contribution in [3.05, 3.63) is 22.1 Å². The molecule has 2 saturated heterocycles. The fourth-order valence-electron chi connectivity index (χ4n) is 3.20. The number of hydrogen-bond donors (Lipinski definition) is 2. The van der Waals surface area contributed by atoms with Crippen molar-refractivity contribution in [1.29, 1.82) is 0 Å². The van der Waals surface area contributed by atoms with Crippen molar-refractivity contribution in [3.8, 4) is 0 Å². The molecule has 0 aromatic rings. The van der Waals surface area contributed by atoms with Gasteiger partial charge in [0.2, 0.25) is 5.91 Å². The van der Waals surface area contributed by atoms with Gasteiger partial charge in [0.05, 0.1) is 15.9 Å². The summed E-state index contributed by atoms with van der Waals surface area (Å²) in [5, 5.41) is 12.9. The third-order valence-electron chi connectivity index (χ3n) is 4.99. The number of nitrogens with one attached hydrogen (secondary N) is 1. The summed E-state index contributed by atoms with van der Waals surface area (Å²) in [6, 6.07) is -0.312. The van der Waals surface area contributed by atoms with E-state index in [0.29, 0.717) is 21.6 Å². The first-order valence-electron chi connectivity index (χ1n) is 10.4. The highest BCUT2D eigenvalue weighted by Crippen LogP contribution is 2.33. The predicted octanol–water partition coefficient (Wildman–Crippen LogP) is 3.28. The van der Waals surface area contributed by atoms with E-state index in [4.69, 9.17) is 17.3 Å². The van der Waals surface area contributed by atoms with Crippen LogP contribution in [0.4, 0.5) is 0 Å². The number of carboxylic acid groups (broad SMARTS) is 1. The molecule has 0 aromatic heterocycles. The highest BCUT2D eigenvalue weighted by Gasteiger charge is 2.33. The maximum atomic E-state index is 12.7. The zero-order valence-electron chi connectivity index (χ0n) is 18.4. The summed E-state index contributed by atoms with van der Waals surface area (Å²) in [5.41, 5.74) is 0. The summed E-state index contributed by atoms with van der Waals surface area (Å²) in [6.07, 6.45) is 5.21. The molecule has 0 bridgehead atoms. The molecule has 172 valence electrons. The average Bonchev–Trinajstić information content (AvgIpc) is 3.23. The van der Waals surface area contributed by atoms with E-state index in [9.17, 15) is 14.4 Å². The first-order chi connectivity index (χ1) is 14.6. The number of amides is 2. The second-order valence-corrected chi connectivity index (χ2v) is 11.0. The van der Waals surface area contributed by atoms with Crippen LogP contribution in [0.25, 0.3) is 0 Å². The molecule has 2 aliphatic rings. The molecule has 0 aliphatic carbocycles. The minimum absolute atomic E-state index is 0.167. The SMILES string of the molecule is CC(C)CCN1CCS/C1=C/C=C1/SC(=S)N(CC(=O)NC(C)C[C@H](C)C(=O)O)C1=O. The van der Waals surface area contributed by atoms with Crippen molar-refractivity contribution in [2.75, 3.05) is 25.4 Å². The molecule has 0 spiro atoms. The Morgan fingerprint density at radius 3 is 2.61 bits per heavy atom. The monoisotopic (exact) mass is 485 g/mol. The molecule has 0 saturated carbocycles. The Kier molecular flexibility index (Phi) is 9.90. The number of rotatable bonds is 10. The minimum Gasteiger partial charge on any atom is -0.481 e. The highest BCUT2D eigenvalue weighted by molar-refractivity contribution is 8.26. The van der Waals surface area contributed by atoms with E-state index in [1.165, 1.54) is 16.7 Å². The van der Waals surface area contributed by atoms with Gasteiger partial charge in [-0.15, -0.1) is 11.8 Å². The van der Waals surface area contributed by atoms with Crippen LogP contribution in [-0.4, -0.2) is 68.4 Å². The molecule has 7 nitrogen and oxygen atoms in total. The quantitative estimate of drug-likeness (QED) is 0.360. The molecule has 0 aromatic carbocycles. The molecule has 10 heteroatoms. The lowest BCUT2D eigenvalue weighted by atomic mass is 10.0. The molecule has 2 heterocycles. The summed E-state index contributed by atoms with van der Waals surface area (Å²) in [5.74, 6) is -0.406. The van der Waals surface area contributed by atoms with Crippen LogP contribution >= 0.6 is 35.7 Å². The lowest BCUT2D eigenvalue weighted by molar-refractivity contribution is -0.141. The summed E-state index contributed by atoms with van der Waals surface area (Å²) in [4.78, 5) is 40.2. The normalized spacial score (nSPS) is 21.5. The smallest absolute Gasteiger partial charge is 0.306 e. The van der Waals surface area contributed by atoms with Crippen LogP contribution in [-0.2, 0) is 14.4 Å². The average molecular weight is 486 g/mol. The number of thioether (sulfide) groups is 2. The molecule has 2 aliphatic heterocycles. The first-order valence-corrected chi connectivity index (χ1v) is 12.6. The van der Waals surface area contributed by atoms with Gasteiger partial charge in [0.1, 0.15) is 10.9 Å². The van der Waals surface area contributed by atoms with Gasteiger partial charge < -0.3 is 15.3 Å². The van der Waals surface area contributed by atoms with Gasteiger partial charge in [0, 0.05) is 24.9 Å². The third-order valence-corrected chi connectivity index (χ3v) is 7.46. The van der Waals surface area contributed by atoms with Gasteiger partial charge in [0.15, 0.2) is 0 Å². The molecular weight excluding hydrogens is 454 g/mol. The van der Waals surface area contributed by atoms with Crippen LogP contribution in [0, 0.1) is 11.8 Å². The Bertz CT molecular complexity index is 782. The van der Waals surface area contributed by atoms with Crippen LogP contribution in [0.5, 0.6) is 0 Å². The van der Waals surface area contributed by atoms with Crippen LogP contribution in [0.2, 0.25) is 0 Å². The van der Waals surface area contributed by atoms with E-state index in [0.717, 1.165) is 30.3 Å². The number of nitrogens with zero attached hydrogens (tertiary/aromatic N) is 2. The Hall–Kier alpha value is -1.52. The third kappa shape index (κ3) is 7.84. The molecule has 0 radical (unpaired) electrons. The maximum Gasteiger partial charge on any atom is 0.306 e. The highest BCUT2D eigenvalue weighted by atomic mass is 32.2. The molecule has 2 N–H and O–H groups in total. The number of carbonyl (C=O) groups is 3. The van der Waals surface area contributed by atoms with E-state index in [-0.39, 0.29) is 24.4 Å². The lowest BCUT2D eigenvalue weighted by Crippen LogP contribution is -2.43. The molecule has 2 fully saturated rings. The zero-order valence-corrected chi connectivity index (χ0v) is 20.9. The molecule has 31 heavy (non-hydrogen) atoms. The second-order valence-electron chi connectivity index (χ2n) is 8.26. The van der Waals surface area contributed by atoms with Crippen LogP contribution in [0.15, 0.2) is 22.1 Å². The Balaban J connectivity index is 1.94. The number of hydrogen-bond acceptors (Lipinski definition) is 7. The summed E-state index contributed by atoms with van der Waals surface area (Å²) >= 11 is 8.29. The summed E-state index contributed by atoms with van der Waals surface area (Å²) < 4.78 is 0.354. The van der Waals surface area contributed by atoms with Gasteiger partial charge >= 0.3 is 5.97 Å². The van der Waals surface area contributed by atoms with Crippen LogP contribution in [0.3, 0.4) is 0 Å². The number of carboxylic acids is 1. The summed E-state index contributed by atoms with van der Waals surface area (Å²) in [7, 11) is 0. The molecule has 2 amide bonds. The molecule has 2 rings (SSSR count). The molecule has 2 atom stereocenters. The van der Waals surface area contributed by atoms with Gasteiger partial charge in [0.25, 0.3) is 5.91 Å². The fourth-order valence-corrected chi connectivity index (χ4v) is 5.45. The molecular formula is C21H31N3O4S3. The fraction of sp³-hybridized carbons (Fsp3) is 0.619. The van der Waals surface area contributed by atoms with Crippen molar-refractivity contribution in [3.63, 3.8) is 0 Å². The Labute approximate surface area is 198 Å². The van der Waals surface area contributed by atoms with E-state index < -0.39 is 11.9 Å². The van der Waals surface area contributed by atoms with Gasteiger partial charge in [-0.25, -0.2) is 0 Å². The van der Waals surface area contributed by atoms with Crippen LogP contribution < -0.4 is 5.32 Å². The van der Waals surface area contributed by atoms with Crippen molar-refractivity contribution >= 4 is 57.8 Å². The lowest BCUT2D eigenvalue weighted by Gasteiger charge is -2.19. The first kappa shape index (κ1) is 25.7. The number of aliphatic carboxylic acids is 1. The zero-order chi connectivity index (χ0) is 23.1. The largest absolute Gasteiger partial charge is 0.481 e. The van der Waals surface area contributed by atoms with E-state index in [2.05, 4.69) is 24.1 Å². The number of carbonyl (C=O) groups excluding carboxylic acids is 2. The van der Waals surface area contributed by atoms with Gasteiger partial charge in [-0.1, -0.05) is 44.8 Å². The number of allylic oxidation sites excluding steroid dienone is 2. The number of thiocarbonyl (C=S) groups is 1. The van der Waals surface area contributed by atoms with Gasteiger partial charge in [-0.3, -0.25) is 19.3 Å². The van der Waals surface area contributed by atoms with E-state index in [1.54, 1.807) is 31.7 Å². The van der Waals surface area contributed by atoms with E-state index in [1.807, 2.05) is 6.08 Å². The molecule has 1 unspecified atom stereocenters. The topological polar surface area (TPSA) is 89.9 Å². The minimum atomic E-state index is -0.902. The van der Waals surface area contributed by atoms with Crippen LogP contribution in [0.1, 0.15) is 40.5 Å². The Morgan fingerprint density at radius 1 is 1.26 bits per heavy atom. The van der Waals surface area contributed by atoms with Gasteiger partial charge in [-0.2, -0.15) is 0 Å². The van der Waals surface area contributed by atoms with Crippen molar-refractivity contribution in [2.45, 2.75) is 46.6 Å². The van der Waals surface area contributed by atoms with Crippen molar-refractivity contribution in [2.24, 2.45) is 11.8 Å². The standard InChI is InChI=1S/C21H31N3O4S3/c1-13(2)7-8-23-9-10-30-18(23)6-5-16-19(26)24(21(29)31-16)12-17(25)22-15(4)11-14(3)20(27)28/h5-6,13-15H,7-12H2,1-4H3,(H,22,25)(H,27,28)/b16-5+,18-6+/t14-,15?/m0/s1. The predicted molar refractivity (Wildman–Crippen MR) is 131 cm³/mol. The second kappa shape index (κ2) is 11.9. The van der Waals surface area contributed by atoms with E-state index >= 15 is 0 Å². The van der Waals surface area contributed by atoms with Gasteiger partial charge in [-0.05, 0) is 37.8 Å². The maximum absolute atomic E-state index is 12.7. The summed E-state index contributed by atoms with van der Waals surface area (Å²) in [6.45, 7) is 9.61.